The Hall–Kier alpha value is -2.61. The number of benzene rings is 2. The lowest BCUT2D eigenvalue weighted by Gasteiger charge is -2.20. The number of hydrogen-bond donors (Lipinski definition) is 1. The predicted octanol–water partition coefficient (Wildman–Crippen LogP) is 4.28. The SMILES string of the molecule is COc1cc2c(Nc3cccc(Cl)c3C)ncnc2cc1O[C@@H]1COC2CCOC21. The van der Waals surface area contributed by atoms with Crippen molar-refractivity contribution in [3.63, 3.8) is 0 Å². The number of methoxy groups -OCH3 is 1. The maximum atomic E-state index is 6.26. The monoisotopic (exact) mass is 427 g/mol. The fraction of sp³-hybridized carbons (Fsp3) is 0.364. The van der Waals surface area contributed by atoms with Gasteiger partial charge in [0.1, 0.15) is 18.2 Å². The number of hydrogen-bond acceptors (Lipinski definition) is 7. The van der Waals surface area contributed by atoms with Crippen LogP contribution >= 0.6 is 11.6 Å². The van der Waals surface area contributed by atoms with Crippen molar-refractivity contribution < 1.29 is 18.9 Å². The van der Waals surface area contributed by atoms with Crippen LogP contribution < -0.4 is 14.8 Å². The summed E-state index contributed by atoms with van der Waals surface area (Å²) in [5.74, 6) is 1.88. The summed E-state index contributed by atoms with van der Waals surface area (Å²) in [7, 11) is 1.62. The van der Waals surface area contributed by atoms with E-state index in [4.69, 9.17) is 30.5 Å². The van der Waals surface area contributed by atoms with Crippen molar-refractivity contribution in [3.05, 3.63) is 47.2 Å². The maximum absolute atomic E-state index is 6.26. The van der Waals surface area contributed by atoms with Crippen LogP contribution in [0.2, 0.25) is 5.02 Å². The second-order valence-electron chi connectivity index (χ2n) is 7.43. The second-order valence-corrected chi connectivity index (χ2v) is 7.84. The lowest BCUT2D eigenvalue weighted by molar-refractivity contribution is 0.0298. The molecule has 30 heavy (non-hydrogen) atoms. The molecule has 0 spiro atoms. The van der Waals surface area contributed by atoms with Gasteiger partial charge in [0.15, 0.2) is 17.6 Å². The first-order valence-corrected chi connectivity index (χ1v) is 10.3. The number of rotatable bonds is 5. The summed E-state index contributed by atoms with van der Waals surface area (Å²) in [5, 5.41) is 4.87. The first-order chi connectivity index (χ1) is 14.6. The average molecular weight is 428 g/mol. The van der Waals surface area contributed by atoms with Crippen LogP contribution in [-0.2, 0) is 9.47 Å². The molecule has 1 N–H and O–H groups in total. The Morgan fingerprint density at radius 1 is 1.17 bits per heavy atom. The van der Waals surface area contributed by atoms with Crippen molar-refractivity contribution in [2.45, 2.75) is 31.7 Å². The van der Waals surface area contributed by atoms with E-state index in [1.807, 2.05) is 37.3 Å². The lowest BCUT2D eigenvalue weighted by Crippen LogP contribution is -2.32. The molecule has 0 saturated carbocycles. The third-order valence-corrected chi connectivity index (χ3v) is 6.05. The smallest absolute Gasteiger partial charge is 0.164 e. The van der Waals surface area contributed by atoms with Gasteiger partial charge in [0.05, 0.1) is 25.3 Å². The molecule has 7 nitrogen and oxygen atoms in total. The van der Waals surface area contributed by atoms with E-state index in [1.54, 1.807) is 7.11 Å². The lowest BCUT2D eigenvalue weighted by atomic mass is 10.1. The number of nitrogens with one attached hydrogen (secondary N) is 1. The molecule has 3 aromatic rings. The first kappa shape index (κ1) is 19.4. The van der Waals surface area contributed by atoms with Crippen LogP contribution in [0.15, 0.2) is 36.7 Å². The highest BCUT2D eigenvalue weighted by molar-refractivity contribution is 6.31. The molecular formula is C22H22ClN3O4. The number of fused-ring (bicyclic) bond motifs is 2. The number of ether oxygens (including phenoxy) is 4. The van der Waals surface area contributed by atoms with Crippen LogP contribution in [0.3, 0.4) is 0 Å². The van der Waals surface area contributed by atoms with Crippen molar-refractivity contribution >= 4 is 34.0 Å². The van der Waals surface area contributed by atoms with Gasteiger partial charge in [-0.1, -0.05) is 17.7 Å². The van der Waals surface area contributed by atoms with Crippen molar-refractivity contribution in [2.75, 3.05) is 25.6 Å². The van der Waals surface area contributed by atoms with E-state index in [0.29, 0.717) is 35.6 Å². The molecule has 2 unspecified atom stereocenters. The molecule has 2 aliphatic rings. The molecule has 2 saturated heterocycles. The van der Waals surface area contributed by atoms with Crippen molar-refractivity contribution in [1.29, 1.82) is 0 Å². The number of aromatic nitrogens is 2. The molecule has 2 aliphatic heterocycles. The minimum Gasteiger partial charge on any atom is -0.493 e. The summed E-state index contributed by atoms with van der Waals surface area (Å²) in [6, 6.07) is 9.47. The maximum Gasteiger partial charge on any atom is 0.164 e. The summed E-state index contributed by atoms with van der Waals surface area (Å²) < 4.78 is 23.4. The number of anilines is 2. The number of halogens is 1. The van der Waals surface area contributed by atoms with Gasteiger partial charge in [-0.05, 0) is 37.1 Å². The molecule has 0 radical (unpaired) electrons. The summed E-state index contributed by atoms with van der Waals surface area (Å²) in [6.07, 6.45) is 2.33. The fourth-order valence-electron chi connectivity index (χ4n) is 3.98. The highest BCUT2D eigenvalue weighted by atomic mass is 35.5. The minimum absolute atomic E-state index is 0.0427. The summed E-state index contributed by atoms with van der Waals surface area (Å²) in [4.78, 5) is 8.85. The molecule has 0 amide bonds. The Kier molecular flexibility index (Phi) is 5.10. The molecule has 0 bridgehead atoms. The summed E-state index contributed by atoms with van der Waals surface area (Å²) >= 11 is 6.26. The zero-order valence-electron chi connectivity index (χ0n) is 16.7. The molecule has 2 aromatic carbocycles. The van der Waals surface area contributed by atoms with Crippen LogP contribution in [0.4, 0.5) is 11.5 Å². The van der Waals surface area contributed by atoms with Crippen LogP contribution in [-0.4, -0.2) is 48.6 Å². The van der Waals surface area contributed by atoms with E-state index in [1.165, 1.54) is 6.33 Å². The Bertz CT molecular complexity index is 1090. The topological polar surface area (TPSA) is 74.7 Å². The molecule has 8 heteroatoms. The standard InChI is InChI=1S/C22H22ClN3O4/c1-12-14(23)4-3-5-15(12)26-22-13-8-18(27-2)19(9-16(13)24-11-25-22)30-20-10-29-17-6-7-28-21(17)20/h3-5,8-9,11,17,20-21H,6-7,10H2,1-2H3,(H,24,25,26)/t17?,20-,21?/m1/s1. The largest absolute Gasteiger partial charge is 0.493 e. The van der Waals surface area contributed by atoms with E-state index in [0.717, 1.165) is 28.6 Å². The van der Waals surface area contributed by atoms with Crippen LogP contribution in [0.1, 0.15) is 12.0 Å². The van der Waals surface area contributed by atoms with Gasteiger partial charge in [0.2, 0.25) is 0 Å². The average Bonchev–Trinajstić information content (AvgIpc) is 3.36. The van der Waals surface area contributed by atoms with Crippen LogP contribution in [0.5, 0.6) is 11.5 Å². The quantitative estimate of drug-likeness (QED) is 0.651. The molecule has 3 atom stereocenters. The molecule has 156 valence electrons. The van der Waals surface area contributed by atoms with E-state index in [9.17, 15) is 0 Å². The van der Waals surface area contributed by atoms with Gasteiger partial charge in [-0.25, -0.2) is 9.97 Å². The third kappa shape index (κ3) is 3.43. The molecule has 1 aromatic heterocycles. The molecule has 2 fully saturated rings. The normalized spacial score (nSPS) is 22.8. The van der Waals surface area contributed by atoms with Gasteiger partial charge >= 0.3 is 0 Å². The highest BCUT2D eigenvalue weighted by Crippen LogP contribution is 2.38. The van der Waals surface area contributed by atoms with Gasteiger partial charge < -0.3 is 24.3 Å². The predicted molar refractivity (Wildman–Crippen MR) is 114 cm³/mol. The zero-order valence-corrected chi connectivity index (χ0v) is 17.5. The van der Waals surface area contributed by atoms with E-state index < -0.39 is 0 Å². The van der Waals surface area contributed by atoms with Crippen molar-refractivity contribution in [1.82, 2.24) is 9.97 Å². The van der Waals surface area contributed by atoms with E-state index >= 15 is 0 Å². The third-order valence-electron chi connectivity index (χ3n) is 5.64. The first-order valence-electron chi connectivity index (χ1n) is 9.89. The van der Waals surface area contributed by atoms with Gasteiger partial charge in [0, 0.05) is 28.8 Å². The Morgan fingerprint density at radius 2 is 2.07 bits per heavy atom. The molecule has 0 aliphatic carbocycles. The zero-order chi connectivity index (χ0) is 20.7. The number of nitrogens with zero attached hydrogens (tertiary/aromatic N) is 2. The van der Waals surface area contributed by atoms with Crippen molar-refractivity contribution in [2.24, 2.45) is 0 Å². The highest BCUT2D eigenvalue weighted by Gasteiger charge is 2.43. The van der Waals surface area contributed by atoms with Crippen LogP contribution in [0.25, 0.3) is 10.9 Å². The van der Waals surface area contributed by atoms with Crippen molar-refractivity contribution in [3.8, 4) is 11.5 Å². The minimum atomic E-state index is -0.169. The van der Waals surface area contributed by atoms with Gasteiger partial charge in [-0.2, -0.15) is 0 Å². The second kappa shape index (κ2) is 7.91. The fourth-order valence-corrected chi connectivity index (χ4v) is 4.15. The van der Waals surface area contributed by atoms with Gasteiger partial charge in [0.25, 0.3) is 0 Å². The van der Waals surface area contributed by atoms with E-state index in [2.05, 4.69) is 15.3 Å². The van der Waals surface area contributed by atoms with Crippen LogP contribution in [0, 0.1) is 6.92 Å². The Labute approximate surface area is 179 Å². The van der Waals surface area contributed by atoms with Gasteiger partial charge in [-0.15, -0.1) is 0 Å². The molecule has 5 rings (SSSR count). The molecule has 3 heterocycles. The van der Waals surface area contributed by atoms with E-state index in [-0.39, 0.29) is 18.3 Å². The summed E-state index contributed by atoms with van der Waals surface area (Å²) in [5.41, 5.74) is 2.57. The summed E-state index contributed by atoms with van der Waals surface area (Å²) in [6.45, 7) is 3.17. The van der Waals surface area contributed by atoms with Gasteiger partial charge in [-0.3, -0.25) is 0 Å². The Morgan fingerprint density at radius 3 is 2.93 bits per heavy atom. The Balaban J connectivity index is 1.49. The molecular weight excluding hydrogens is 406 g/mol.